The number of benzene rings is 3. The molecule has 10 heteroatoms. The van der Waals surface area contributed by atoms with Gasteiger partial charge in [-0.2, -0.15) is 13.2 Å². The molecule has 4 rings (SSSR count). The van der Waals surface area contributed by atoms with Crippen LogP contribution in [0.25, 0.3) is 5.69 Å². The summed E-state index contributed by atoms with van der Waals surface area (Å²) in [6, 6.07) is 20.4. The van der Waals surface area contributed by atoms with Crippen molar-refractivity contribution in [2.24, 2.45) is 0 Å². The quantitative estimate of drug-likeness (QED) is 0.282. The number of rotatable bonds is 7. The second kappa shape index (κ2) is 10.5. The molecule has 4 aromatic rings. The molecule has 0 saturated heterocycles. The fourth-order valence-corrected chi connectivity index (χ4v) is 4.36. The summed E-state index contributed by atoms with van der Waals surface area (Å²) in [5, 5.41) is 11.6. The smallest absolute Gasteiger partial charge is 0.324 e. The van der Waals surface area contributed by atoms with Crippen molar-refractivity contribution in [3.63, 3.8) is 0 Å². The minimum atomic E-state index is -4.54. The number of alkyl halides is 3. The van der Waals surface area contributed by atoms with Crippen LogP contribution in [0.5, 0.6) is 0 Å². The highest BCUT2D eigenvalue weighted by molar-refractivity contribution is 7.99. The molecular formula is C25H20ClF3N4OS. The minimum absolute atomic E-state index is 0.0180. The van der Waals surface area contributed by atoms with Crippen LogP contribution in [0.2, 0.25) is 5.02 Å². The number of amides is 1. The molecule has 0 aliphatic heterocycles. The lowest BCUT2D eigenvalue weighted by molar-refractivity contribution is -0.137. The van der Waals surface area contributed by atoms with E-state index >= 15 is 0 Å². The number of carbonyl (C=O) groups is 1. The van der Waals surface area contributed by atoms with Crippen LogP contribution in [0.4, 0.5) is 18.9 Å². The zero-order valence-corrected chi connectivity index (χ0v) is 20.1. The van der Waals surface area contributed by atoms with Gasteiger partial charge in [-0.1, -0.05) is 65.8 Å². The Kier molecular flexibility index (Phi) is 7.47. The third-order valence-corrected chi connectivity index (χ3v) is 6.32. The Morgan fingerprint density at radius 3 is 2.51 bits per heavy atom. The molecule has 0 aliphatic rings. The number of nitrogens with one attached hydrogen (secondary N) is 1. The topological polar surface area (TPSA) is 59.8 Å². The first-order chi connectivity index (χ1) is 16.7. The van der Waals surface area contributed by atoms with Gasteiger partial charge in [-0.3, -0.25) is 9.36 Å². The van der Waals surface area contributed by atoms with Crippen LogP contribution in [0, 0.1) is 6.92 Å². The highest BCUT2D eigenvalue weighted by Crippen LogP contribution is 2.34. The standard InChI is InChI=1S/C25H20ClF3N4OS/c1-16-6-5-9-19(12-16)33-22(13-17-7-3-2-4-8-17)31-32-24(33)35-15-23(34)30-21-14-18(25(27,28)29)10-11-20(21)26/h2-12,14H,13,15H2,1H3,(H,30,34). The number of halogens is 4. The zero-order chi connectivity index (χ0) is 25.0. The predicted octanol–water partition coefficient (Wildman–Crippen LogP) is 6.57. The lowest BCUT2D eigenvalue weighted by Crippen LogP contribution is -2.16. The molecule has 0 atom stereocenters. The largest absolute Gasteiger partial charge is 0.416 e. The fraction of sp³-hybridized carbons (Fsp3) is 0.160. The Bertz CT molecular complexity index is 1340. The average molecular weight is 517 g/mol. The Morgan fingerprint density at radius 2 is 1.80 bits per heavy atom. The third-order valence-electron chi connectivity index (χ3n) is 5.07. The number of hydrogen-bond acceptors (Lipinski definition) is 4. The molecule has 1 aromatic heterocycles. The summed E-state index contributed by atoms with van der Waals surface area (Å²) < 4.78 is 40.9. The van der Waals surface area contributed by atoms with Crippen LogP contribution < -0.4 is 5.32 Å². The van der Waals surface area contributed by atoms with E-state index in [4.69, 9.17) is 11.6 Å². The molecule has 3 aromatic carbocycles. The van der Waals surface area contributed by atoms with Crippen molar-refractivity contribution in [1.82, 2.24) is 14.8 Å². The van der Waals surface area contributed by atoms with Crippen molar-refractivity contribution in [2.75, 3.05) is 11.1 Å². The lowest BCUT2D eigenvalue weighted by atomic mass is 10.1. The summed E-state index contributed by atoms with van der Waals surface area (Å²) in [6.45, 7) is 1.98. The Balaban J connectivity index is 1.55. The average Bonchev–Trinajstić information content (AvgIpc) is 3.21. The molecular weight excluding hydrogens is 497 g/mol. The SMILES string of the molecule is Cc1cccc(-n2c(Cc3ccccc3)nnc2SCC(=O)Nc2cc(C(F)(F)F)ccc2Cl)c1. The summed E-state index contributed by atoms with van der Waals surface area (Å²) in [6.07, 6.45) is -4.01. The molecule has 0 spiro atoms. The molecule has 0 unspecified atom stereocenters. The predicted molar refractivity (Wildman–Crippen MR) is 131 cm³/mol. The van der Waals surface area contributed by atoms with Crippen molar-refractivity contribution in [3.05, 3.63) is 100 Å². The maximum absolute atomic E-state index is 13.0. The van der Waals surface area contributed by atoms with E-state index in [9.17, 15) is 18.0 Å². The highest BCUT2D eigenvalue weighted by Gasteiger charge is 2.31. The van der Waals surface area contributed by atoms with E-state index in [1.165, 1.54) is 0 Å². The number of nitrogens with zero attached hydrogens (tertiary/aromatic N) is 3. The maximum Gasteiger partial charge on any atom is 0.416 e. The van der Waals surface area contributed by atoms with Crippen molar-refractivity contribution >= 4 is 35.0 Å². The molecule has 180 valence electrons. The number of carbonyl (C=O) groups excluding carboxylic acids is 1. The van der Waals surface area contributed by atoms with Crippen molar-refractivity contribution < 1.29 is 18.0 Å². The van der Waals surface area contributed by atoms with Gasteiger partial charge in [0, 0.05) is 12.1 Å². The summed E-state index contributed by atoms with van der Waals surface area (Å²) in [4.78, 5) is 12.6. The molecule has 1 heterocycles. The number of thioether (sulfide) groups is 1. The van der Waals surface area contributed by atoms with E-state index < -0.39 is 17.6 Å². The summed E-state index contributed by atoms with van der Waals surface area (Å²) >= 11 is 7.13. The van der Waals surface area contributed by atoms with E-state index in [1.807, 2.05) is 66.1 Å². The molecule has 5 nitrogen and oxygen atoms in total. The van der Waals surface area contributed by atoms with Crippen molar-refractivity contribution in [2.45, 2.75) is 24.7 Å². The monoisotopic (exact) mass is 516 g/mol. The van der Waals surface area contributed by atoms with E-state index in [0.29, 0.717) is 17.4 Å². The van der Waals surface area contributed by atoms with Gasteiger partial charge in [-0.15, -0.1) is 10.2 Å². The van der Waals surface area contributed by atoms with E-state index in [1.54, 1.807) is 0 Å². The molecule has 1 amide bonds. The fourth-order valence-electron chi connectivity index (χ4n) is 3.43. The van der Waals surface area contributed by atoms with E-state index in [2.05, 4.69) is 15.5 Å². The molecule has 0 fully saturated rings. The van der Waals surface area contributed by atoms with Gasteiger partial charge in [-0.25, -0.2) is 0 Å². The van der Waals surface area contributed by atoms with Gasteiger partial charge in [0.2, 0.25) is 5.91 Å². The Labute approximate surface area is 209 Å². The normalized spacial score (nSPS) is 11.5. The number of aromatic nitrogens is 3. The maximum atomic E-state index is 13.0. The first kappa shape index (κ1) is 24.8. The van der Waals surface area contributed by atoms with Crippen LogP contribution >= 0.6 is 23.4 Å². The number of aryl methyl sites for hydroxylation is 1. The lowest BCUT2D eigenvalue weighted by Gasteiger charge is -2.12. The van der Waals surface area contributed by atoms with Gasteiger partial charge in [0.15, 0.2) is 5.16 Å². The first-order valence-electron chi connectivity index (χ1n) is 10.6. The van der Waals surface area contributed by atoms with Gasteiger partial charge >= 0.3 is 6.18 Å². The Morgan fingerprint density at radius 1 is 1.03 bits per heavy atom. The zero-order valence-electron chi connectivity index (χ0n) is 18.5. The molecule has 0 bridgehead atoms. The molecule has 0 saturated carbocycles. The summed E-state index contributed by atoms with van der Waals surface area (Å²) in [5.74, 6) is 0.0900. The number of hydrogen-bond donors (Lipinski definition) is 1. The number of anilines is 1. The summed E-state index contributed by atoms with van der Waals surface area (Å²) in [5.41, 5.74) is 1.97. The Hall–Kier alpha value is -3.30. The van der Waals surface area contributed by atoms with Gasteiger partial charge in [0.25, 0.3) is 0 Å². The van der Waals surface area contributed by atoms with E-state index in [-0.39, 0.29) is 16.5 Å². The molecule has 35 heavy (non-hydrogen) atoms. The van der Waals surface area contributed by atoms with Crippen molar-refractivity contribution in [3.8, 4) is 5.69 Å². The molecule has 0 aliphatic carbocycles. The minimum Gasteiger partial charge on any atom is -0.324 e. The van der Waals surface area contributed by atoms with Crippen LogP contribution in [-0.4, -0.2) is 26.4 Å². The van der Waals surface area contributed by atoms with Crippen LogP contribution in [-0.2, 0) is 17.4 Å². The van der Waals surface area contributed by atoms with Gasteiger partial charge < -0.3 is 5.32 Å². The van der Waals surface area contributed by atoms with Crippen LogP contribution in [0.3, 0.4) is 0 Å². The van der Waals surface area contributed by atoms with Gasteiger partial charge in [0.05, 0.1) is 22.0 Å². The highest BCUT2D eigenvalue weighted by atomic mass is 35.5. The third kappa shape index (κ3) is 6.23. The second-order valence-corrected chi connectivity index (χ2v) is 9.11. The summed E-state index contributed by atoms with van der Waals surface area (Å²) in [7, 11) is 0. The van der Waals surface area contributed by atoms with Crippen molar-refractivity contribution in [1.29, 1.82) is 0 Å². The molecule has 0 radical (unpaired) electrons. The van der Waals surface area contributed by atoms with E-state index in [0.717, 1.165) is 46.8 Å². The van der Waals surface area contributed by atoms with Crippen LogP contribution in [0.15, 0.2) is 78.0 Å². The van der Waals surface area contributed by atoms with Gasteiger partial charge in [0.1, 0.15) is 5.82 Å². The van der Waals surface area contributed by atoms with Crippen LogP contribution in [0.1, 0.15) is 22.5 Å². The first-order valence-corrected chi connectivity index (χ1v) is 11.9. The second-order valence-electron chi connectivity index (χ2n) is 7.76. The van der Waals surface area contributed by atoms with Gasteiger partial charge in [-0.05, 0) is 48.4 Å². The molecule has 1 N–H and O–H groups in total.